The fourth-order valence-corrected chi connectivity index (χ4v) is 2.87. The summed E-state index contributed by atoms with van der Waals surface area (Å²) in [4.78, 5) is 20.7. The Morgan fingerprint density at radius 1 is 1.04 bits per heavy atom. The first-order valence-corrected chi connectivity index (χ1v) is 8.12. The van der Waals surface area contributed by atoms with Gasteiger partial charge >= 0.3 is 0 Å². The van der Waals surface area contributed by atoms with Crippen molar-refractivity contribution in [2.45, 2.75) is 6.92 Å². The average molecular weight is 342 g/mol. The van der Waals surface area contributed by atoms with Crippen molar-refractivity contribution in [1.29, 1.82) is 0 Å². The fourth-order valence-electron chi connectivity index (χ4n) is 2.87. The lowest BCUT2D eigenvalue weighted by atomic mass is 10.2. The lowest BCUT2D eigenvalue weighted by Crippen LogP contribution is -2.02. The smallest absolute Gasteiger partial charge is 0.229 e. The molecule has 0 bridgehead atoms. The van der Waals surface area contributed by atoms with E-state index in [2.05, 4.69) is 25.3 Å². The zero-order chi connectivity index (χ0) is 17.5. The Labute approximate surface area is 148 Å². The number of fused-ring (bicyclic) bond motifs is 2. The Morgan fingerprint density at radius 3 is 2.81 bits per heavy atom. The van der Waals surface area contributed by atoms with Gasteiger partial charge in [0.2, 0.25) is 5.95 Å². The molecule has 0 spiro atoms. The summed E-state index contributed by atoms with van der Waals surface area (Å²) in [7, 11) is 0. The molecule has 0 aliphatic carbocycles. The van der Waals surface area contributed by atoms with Crippen LogP contribution in [0.3, 0.4) is 0 Å². The van der Waals surface area contributed by atoms with E-state index in [4.69, 9.17) is 10.1 Å². The van der Waals surface area contributed by atoms with Crippen LogP contribution in [0, 0.1) is 6.92 Å². The number of aryl methyl sites for hydroxylation is 1. The number of nitrogens with one attached hydrogen (secondary N) is 2. The standard InChI is InChI=1S/C18H14N8/c1-11-10-21-15-3-2-14(25-26(11)15)16-13-6-9-20-17(13)24-18(23-16)22-12-4-7-19-8-5-12/h2-10H,1H3,(H2,19,20,22,23,24). The molecule has 8 heteroatoms. The first-order chi connectivity index (χ1) is 12.8. The highest BCUT2D eigenvalue weighted by atomic mass is 15.3. The molecule has 0 unspecified atom stereocenters. The summed E-state index contributed by atoms with van der Waals surface area (Å²) in [6.45, 7) is 1.97. The van der Waals surface area contributed by atoms with Crippen LogP contribution < -0.4 is 5.32 Å². The Morgan fingerprint density at radius 2 is 1.92 bits per heavy atom. The first-order valence-electron chi connectivity index (χ1n) is 8.12. The number of rotatable bonds is 3. The maximum Gasteiger partial charge on any atom is 0.229 e. The molecule has 8 nitrogen and oxygen atoms in total. The van der Waals surface area contributed by atoms with Gasteiger partial charge in [0.05, 0.1) is 11.9 Å². The number of aromatic amines is 1. The van der Waals surface area contributed by atoms with Crippen molar-refractivity contribution in [3.8, 4) is 11.4 Å². The lowest BCUT2D eigenvalue weighted by molar-refractivity contribution is 0.902. The highest BCUT2D eigenvalue weighted by Gasteiger charge is 2.13. The molecule has 0 radical (unpaired) electrons. The van der Waals surface area contributed by atoms with Gasteiger partial charge in [-0.05, 0) is 37.3 Å². The van der Waals surface area contributed by atoms with E-state index in [1.54, 1.807) is 18.6 Å². The molecule has 0 fully saturated rings. The van der Waals surface area contributed by atoms with Crippen molar-refractivity contribution >= 4 is 28.3 Å². The topological polar surface area (TPSA) is 96.7 Å². The van der Waals surface area contributed by atoms with Crippen LogP contribution in [0.5, 0.6) is 0 Å². The number of aromatic nitrogens is 7. The van der Waals surface area contributed by atoms with Crippen molar-refractivity contribution in [1.82, 2.24) is 34.5 Å². The zero-order valence-electron chi connectivity index (χ0n) is 13.9. The summed E-state index contributed by atoms with van der Waals surface area (Å²) in [6.07, 6.45) is 7.08. The first kappa shape index (κ1) is 14.5. The second-order valence-corrected chi connectivity index (χ2v) is 5.88. The Bertz CT molecular complexity index is 1220. The van der Waals surface area contributed by atoms with Crippen molar-refractivity contribution in [3.63, 3.8) is 0 Å². The van der Waals surface area contributed by atoms with E-state index >= 15 is 0 Å². The third-order valence-corrected chi connectivity index (χ3v) is 4.13. The molecule has 0 aliphatic heterocycles. The number of anilines is 2. The summed E-state index contributed by atoms with van der Waals surface area (Å²) >= 11 is 0. The lowest BCUT2D eigenvalue weighted by Gasteiger charge is -2.08. The molecule has 0 aromatic carbocycles. The molecule has 0 atom stereocenters. The van der Waals surface area contributed by atoms with Gasteiger partial charge in [-0.3, -0.25) is 4.98 Å². The minimum absolute atomic E-state index is 0.491. The highest BCUT2D eigenvalue weighted by molar-refractivity contribution is 5.90. The molecule has 26 heavy (non-hydrogen) atoms. The molecule has 2 N–H and O–H groups in total. The van der Waals surface area contributed by atoms with Gasteiger partial charge in [-0.2, -0.15) is 10.1 Å². The van der Waals surface area contributed by atoms with Crippen LogP contribution in [-0.2, 0) is 0 Å². The number of hydrogen-bond donors (Lipinski definition) is 2. The second kappa shape index (κ2) is 5.62. The third-order valence-electron chi connectivity index (χ3n) is 4.13. The predicted octanol–water partition coefficient (Wildman–Crippen LogP) is 3.11. The van der Waals surface area contributed by atoms with Crippen LogP contribution in [-0.4, -0.2) is 34.5 Å². The normalized spacial score (nSPS) is 11.3. The van der Waals surface area contributed by atoms with Gasteiger partial charge in [-0.1, -0.05) is 0 Å². The van der Waals surface area contributed by atoms with Crippen molar-refractivity contribution in [2.24, 2.45) is 0 Å². The highest BCUT2D eigenvalue weighted by Crippen LogP contribution is 2.26. The molecule has 5 rings (SSSR count). The van der Waals surface area contributed by atoms with Gasteiger partial charge in [0, 0.05) is 29.7 Å². The van der Waals surface area contributed by atoms with E-state index in [9.17, 15) is 0 Å². The number of H-pyrrole nitrogens is 1. The van der Waals surface area contributed by atoms with Gasteiger partial charge in [-0.15, -0.1) is 0 Å². The Hall–Kier alpha value is -3.81. The maximum atomic E-state index is 4.70. The molecule has 0 amide bonds. The summed E-state index contributed by atoms with van der Waals surface area (Å²) in [6, 6.07) is 9.54. The second-order valence-electron chi connectivity index (χ2n) is 5.88. The largest absolute Gasteiger partial charge is 0.346 e. The molecule has 0 saturated carbocycles. The maximum absolute atomic E-state index is 4.70. The molecule has 5 heterocycles. The van der Waals surface area contributed by atoms with E-state index in [-0.39, 0.29) is 0 Å². The molecule has 5 aromatic rings. The Balaban J connectivity index is 1.67. The van der Waals surface area contributed by atoms with Crippen molar-refractivity contribution in [3.05, 3.63) is 60.8 Å². The summed E-state index contributed by atoms with van der Waals surface area (Å²) in [5.41, 5.74) is 4.89. The van der Waals surface area contributed by atoms with Crippen LogP contribution in [0.1, 0.15) is 5.69 Å². The van der Waals surface area contributed by atoms with Gasteiger partial charge in [0.1, 0.15) is 17.0 Å². The fraction of sp³-hybridized carbons (Fsp3) is 0.0556. The van der Waals surface area contributed by atoms with Gasteiger partial charge in [0.25, 0.3) is 0 Å². The van der Waals surface area contributed by atoms with E-state index in [0.29, 0.717) is 5.95 Å². The van der Waals surface area contributed by atoms with Crippen molar-refractivity contribution < 1.29 is 0 Å². The summed E-state index contributed by atoms with van der Waals surface area (Å²) < 4.78 is 1.81. The summed E-state index contributed by atoms with van der Waals surface area (Å²) in [5, 5.41) is 8.82. The summed E-state index contributed by atoms with van der Waals surface area (Å²) in [5.74, 6) is 0.491. The quantitative estimate of drug-likeness (QED) is 0.523. The molecular weight excluding hydrogens is 328 g/mol. The van der Waals surface area contributed by atoms with E-state index < -0.39 is 0 Å². The van der Waals surface area contributed by atoms with E-state index in [1.165, 1.54) is 0 Å². The van der Waals surface area contributed by atoms with Crippen LogP contribution >= 0.6 is 0 Å². The number of imidazole rings is 1. The third kappa shape index (κ3) is 2.35. The van der Waals surface area contributed by atoms with E-state index in [1.807, 2.05) is 48.0 Å². The number of nitrogens with zero attached hydrogens (tertiary/aromatic N) is 6. The minimum Gasteiger partial charge on any atom is -0.346 e. The molecule has 126 valence electrons. The van der Waals surface area contributed by atoms with Crippen LogP contribution in [0.2, 0.25) is 0 Å². The van der Waals surface area contributed by atoms with Gasteiger partial charge in [0.15, 0.2) is 5.65 Å². The van der Waals surface area contributed by atoms with Crippen LogP contribution in [0.25, 0.3) is 28.1 Å². The van der Waals surface area contributed by atoms with Gasteiger partial charge in [-0.25, -0.2) is 14.5 Å². The monoisotopic (exact) mass is 342 g/mol. The van der Waals surface area contributed by atoms with Gasteiger partial charge < -0.3 is 10.3 Å². The van der Waals surface area contributed by atoms with E-state index in [0.717, 1.165) is 39.4 Å². The van der Waals surface area contributed by atoms with Crippen LogP contribution in [0.15, 0.2) is 55.1 Å². The van der Waals surface area contributed by atoms with Crippen molar-refractivity contribution in [2.75, 3.05) is 5.32 Å². The molecular formula is C18H14N8. The predicted molar refractivity (Wildman–Crippen MR) is 98.1 cm³/mol. The minimum atomic E-state index is 0.491. The number of hydrogen-bond acceptors (Lipinski definition) is 6. The number of pyridine rings is 1. The average Bonchev–Trinajstić information content (AvgIpc) is 3.28. The Kier molecular flexibility index (Phi) is 3.14. The zero-order valence-corrected chi connectivity index (χ0v) is 13.9. The van der Waals surface area contributed by atoms with Crippen LogP contribution in [0.4, 0.5) is 11.6 Å². The molecule has 5 aromatic heterocycles. The molecule has 0 saturated heterocycles. The molecule has 0 aliphatic rings. The SMILES string of the molecule is Cc1cnc2ccc(-c3nc(Nc4ccncc4)nc4[nH]ccc34)nn12.